The predicted octanol–water partition coefficient (Wildman–Crippen LogP) is 3.65. The quantitative estimate of drug-likeness (QED) is 0.566. The van der Waals surface area contributed by atoms with Gasteiger partial charge in [-0.1, -0.05) is 30.3 Å². The molecule has 0 bridgehead atoms. The van der Waals surface area contributed by atoms with Crippen molar-refractivity contribution in [3.63, 3.8) is 0 Å². The van der Waals surface area contributed by atoms with Gasteiger partial charge in [0.1, 0.15) is 5.82 Å². The number of aromatic nitrogens is 2. The zero-order chi connectivity index (χ0) is 21.3. The fourth-order valence-corrected chi connectivity index (χ4v) is 3.15. The van der Waals surface area contributed by atoms with Gasteiger partial charge >= 0.3 is 0 Å². The van der Waals surface area contributed by atoms with Gasteiger partial charge in [-0.05, 0) is 42.5 Å². The lowest BCUT2D eigenvalue weighted by Crippen LogP contribution is -2.35. The lowest BCUT2D eigenvalue weighted by Gasteiger charge is -2.16. The van der Waals surface area contributed by atoms with Crippen LogP contribution in [0.15, 0.2) is 77.6 Å². The molecule has 1 N–H and O–H groups in total. The Morgan fingerprint density at radius 3 is 2.50 bits per heavy atom. The molecule has 0 atom stereocenters. The molecule has 1 aromatic heterocycles. The molecule has 150 valence electrons. The second-order valence-corrected chi connectivity index (χ2v) is 6.96. The minimum Gasteiger partial charge on any atom is -0.378 e. The maximum absolute atomic E-state index is 14.5. The second kappa shape index (κ2) is 7.79. The molecule has 0 aliphatic carbocycles. The Morgan fingerprint density at radius 1 is 1.00 bits per heavy atom. The van der Waals surface area contributed by atoms with E-state index in [1.807, 2.05) is 25.1 Å². The fourth-order valence-electron chi connectivity index (χ4n) is 3.15. The van der Waals surface area contributed by atoms with Gasteiger partial charge in [0, 0.05) is 25.3 Å². The van der Waals surface area contributed by atoms with Gasteiger partial charge in [-0.15, -0.1) is 0 Å². The van der Waals surface area contributed by atoms with Crippen LogP contribution in [0.5, 0.6) is 0 Å². The van der Waals surface area contributed by atoms with Gasteiger partial charge in [-0.3, -0.25) is 15.0 Å². The Labute approximate surface area is 172 Å². The van der Waals surface area contributed by atoms with E-state index in [0.29, 0.717) is 16.5 Å². The van der Waals surface area contributed by atoms with E-state index in [1.54, 1.807) is 54.6 Å². The van der Waals surface area contributed by atoms with Crippen molar-refractivity contribution in [3.8, 4) is 11.4 Å². The molecule has 4 aromatic rings. The standard InChI is InChI=1S/C23H19FN4O2/c1-27(2)16-9-7-8-15(14-16)22(29)26-28-21(17-10-3-5-12-19(17)24)25-20-13-6-4-11-18(20)23(28)30/h3-14H,1-2H3,(H,26,29). The maximum Gasteiger partial charge on any atom is 0.280 e. The van der Waals surface area contributed by atoms with Gasteiger partial charge in [-0.25, -0.2) is 9.37 Å². The first-order valence-corrected chi connectivity index (χ1v) is 9.31. The predicted molar refractivity (Wildman–Crippen MR) is 116 cm³/mol. The molecule has 0 fully saturated rings. The largest absolute Gasteiger partial charge is 0.378 e. The lowest BCUT2D eigenvalue weighted by molar-refractivity contribution is 0.101. The average molecular weight is 402 g/mol. The van der Waals surface area contributed by atoms with Gasteiger partial charge in [0.25, 0.3) is 11.5 Å². The molecule has 4 rings (SSSR count). The molecular weight excluding hydrogens is 383 g/mol. The highest BCUT2D eigenvalue weighted by molar-refractivity contribution is 6.01. The van der Waals surface area contributed by atoms with Crippen LogP contribution in [0.25, 0.3) is 22.3 Å². The van der Waals surface area contributed by atoms with Crippen molar-refractivity contribution in [1.29, 1.82) is 0 Å². The van der Waals surface area contributed by atoms with Crippen molar-refractivity contribution in [2.45, 2.75) is 0 Å². The van der Waals surface area contributed by atoms with Crippen LogP contribution >= 0.6 is 0 Å². The van der Waals surface area contributed by atoms with E-state index in [2.05, 4.69) is 10.4 Å². The summed E-state index contributed by atoms with van der Waals surface area (Å²) in [6, 6.07) is 19.7. The molecule has 0 radical (unpaired) electrons. The molecule has 0 aliphatic heterocycles. The molecular formula is C23H19FN4O2. The topological polar surface area (TPSA) is 67.2 Å². The molecule has 0 saturated carbocycles. The summed E-state index contributed by atoms with van der Waals surface area (Å²) in [4.78, 5) is 32.4. The van der Waals surface area contributed by atoms with E-state index < -0.39 is 17.3 Å². The average Bonchev–Trinajstić information content (AvgIpc) is 2.76. The van der Waals surface area contributed by atoms with Crippen molar-refractivity contribution in [3.05, 3.63) is 94.5 Å². The first kappa shape index (κ1) is 19.3. The van der Waals surface area contributed by atoms with E-state index >= 15 is 0 Å². The summed E-state index contributed by atoms with van der Waals surface area (Å²) in [6.45, 7) is 0. The number of hydrogen-bond acceptors (Lipinski definition) is 4. The van der Waals surface area contributed by atoms with E-state index in [9.17, 15) is 14.0 Å². The minimum atomic E-state index is -0.544. The third-order valence-corrected chi connectivity index (χ3v) is 4.73. The van der Waals surface area contributed by atoms with Crippen molar-refractivity contribution in [2.24, 2.45) is 0 Å². The molecule has 0 spiro atoms. The molecule has 0 aliphatic rings. The molecule has 1 heterocycles. The normalized spacial score (nSPS) is 10.8. The third kappa shape index (κ3) is 3.53. The second-order valence-electron chi connectivity index (χ2n) is 6.96. The SMILES string of the molecule is CN(C)c1cccc(C(=O)Nn2c(-c3ccccc3F)nc3ccccc3c2=O)c1. The summed E-state index contributed by atoms with van der Waals surface area (Å²) in [5, 5.41) is 0.319. The first-order chi connectivity index (χ1) is 14.5. The Bertz CT molecular complexity index is 1310. The Morgan fingerprint density at radius 2 is 1.73 bits per heavy atom. The van der Waals surface area contributed by atoms with Crippen molar-refractivity contribution in [1.82, 2.24) is 9.66 Å². The van der Waals surface area contributed by atoms with Crippen LogP contribution in [0.2, 0.25) is 0 Å². The number of benzene rings is 3. The number of para-hydroxylation sites is 1. The lowest BCUT2D eigenvalue weighted by atomic mass is 10.1. The molecule has 6 nitrogen and oxygen atoms in total. The third-order valence-electron chi connectivity index (χ3n) is 4.73. The molecule has 30 heavy (non-hydrogen) atoms. The van der Waals surface area contributed by atoms with Crippen LogP contribution in [0, 0.1) is 5.82 Å². The summed E-state index contributed by atoms with van der Waals surface area (Å²) in [7, 11) is 3.73. The van der Waals surface area contributed by atoms with Crippen LogP contribution < -0.4 is 15.9 Å². The molecule has 3 aromatic carbocycles. The van der Waals surface area contributed by atoms with Crippen molar-refractivity contribution >= 4 is 22.5 Å². The van der Waals surface area contributed by atoms with E-state index in [-0.39, 0.29) is 11.4 Å². The van der Waals surface area contributed by atoms with Crippen LogP contribution in [0.3, 0.4) is 0 Å². The number of carbonyl (C=O) groups is 1. The number of carbonyl (C=O) groups excluding carboxylic acids is 1. The summed E-state index contributed by atoms with van der Waals surface area (Å²) in [5.74, 6) is -1.03. The Balaban J connectivity index is 1.87. The van der Waals surface area contributed by atoms with Crippen LogP contribution in [0.1, 0.15) is 10.4 Å². The summed E-state index contributed by atoms with van der Waals surface area (Å²) in [5.41, 5.74) is 3.83. The van der Waals surface area contributed by atoms with E-state index in [0.717, 1.165) is 10.4 Å². The Kier molecular flexibility index (Phi) is 5.02. The summed E-state index contributed by atoms with van der Waals surface area (Å²) in [6.07, 6.45) is 0. The molecule has 1 amide bonds. The number of amides is 1. The van der Waals surface area contributed by atoms with E-state index in [4.69, 9.17) is 0 Å². The first-order valence-electron chi connectivity index (χ1n) is 9.31. The molecule has 0 saturated heterocycles. The summed E-state index contributed by atoms with van der Waals surface area (Å²) < 4.78 is 15.5. The number of rotatable bonds is 4. The number of fused-ring (bicyclic) bond motifs is 1. The summed E-state index contributed by atoms with van der Waals surface area (Å²) >= 11 is 0. The number of hydrogen-bond donors (Lipinski definition) is 1. The number of anilines is 1. The van der Waals surface area contributed by atoms with Gasteiger partial charge in [-0.2, -0.15) is 4.68 Å². The molecule has 0 unspecified atom stereocenters. The highest BCUT2D eigenvalue weighted by Gasteiger charge is 2.18. The maximum atomic E-state index is 14.5. The van der Waals surface area contributed by atoms with Crippen LogP contribution in [-0.4, -0.2) is 29.7 Å². The smallest absolute Gasteiger partial charge is 0.280 e. The highest BCUT2D eigenvalue weighted by Crippen LogP contribution is 2.21. The number of nitrogens with zero attached hydrogens (tertiary/aromatic N) is 3. The van der Waals surface area contributed by atoms with E-state index in [1.165, 1.54) is 12.1 Å². The highest BCUT2D eigenvalue weighted by atomic mass is 19.1. The van der Waals surface area contributed by atoms with Crippen molar-refractivity contribution in [2.75, 3.05) is 24.4 Å². The fraction of sp³-hybridized carbons (Fsp3) is 0.0870. The van der Waals surface area contributed by atoms with Gasteiger partial charge in [0.2, 0.25) is 0 Å². The number of nitrogens with one attached hydrogen (secondary N) is 1. The van der Waals surface area contributed by atoms with Gasteiger partial charge in [0.05, 0.1) is 16.5 Å². The van der Waals surface area contributed by atoms with Crippen LogP contribution in [-0.2, 0) is 0 Å². The monoisotopic (exact) mass is 402 g/mol. The number of halogens is 1. The Hall–Kier alpha value is -4.00. The van der Waals surface area contributed by atoms with Gasteiger partial charge in [0.15, 0.2) is 5.82 Å². The van der Waals surface area contributed by atoms with Crippen molar-refractivity contribution < 1.29 is 9.18 Å². The zero-order valence-electron chi connectivity index (χ0n) is 16.5. The van der Waals surface area contributed by atoms with Gasteiger partial charge < -0.3 is 4.90 Å². The minimum absolute atomic E-state index is 0.0221. The van der Waals surface area contributed by atoms with Crippen LogP contribution in [0.4, 0.5) is 10.1 Å². The molecule has 7 heteroatoms. The zero-order valence-corrected chi connectivity index (χ0v) is 16.5.